The minimum Gasteiger partial charge on any atom is -0.497 e. The summed E-state index contributed by atoms with van der Waals surface area (Å²) in [7, 11) is -2.46. The van der Waals surface area contributed by atoms with Crippen LogP contribution in [0.4, 0.5) is 11.6 Å². The molecule has 10 heteroatoms. The Morgan fingerprint density at radius 2 is 1.81 bits per heavy atom. The maximum absolute atomic E-state index is 13.5. The van der Waals surface area contributed by atoms with E-state index in [4.69, 9.17) is 18.6 Å². The largest absolute Gasteiger partial charge is 0.497 e. The van der Waals surface area contributed by atoms with Crippen LogP contribution < -0.4 is 19.5 Å². The van der Waals surface area contributed by atoms with Crippen molar-refractivity contribution in [3.63, 3.8) is 0 Å². The van der Waals surface area contributed by atoms with Crippen molar-refractivity contribution in [2.45, 2.75) is 9.92 Å². The van der Waals surface area contributed by atoms with Crippen molar-refractivity contribution in [3.05, 3.63) is 60.0 Å². The van der Waals surface area contributed by atoms with Crippen molar-refractivity contribution in [2.75, 3.05) is 25.6 Å². The molecule has 8 nitrogen and oxygen atoms in total. The fraction of sp³-hybridized carbons (Fsp3) is 0.136. The zero-order chi connectivity index (χ0) is 22.1. The smallest absolute Gasteiger partial charge is 0.240 e. The van der Waals surface area contributed by atoms with Gasteiger partial charge in [0.15, 0.2) is 11.5 Å². The monoisotopic (exact) mass is 470 g/mol. The van der Waals surface area contributed by atoms with E-state index in [9.17, 15) is 8.42 Å². The summed E-state index contributed by atoms with van der Waals surface area (Å²) in [5.41, 5.74) is 0.623. The second-order valence-electron chi connectivity index (χ2n) is 6.79. The van der Waals surface area contributed by atoms with Crippen molar-refractivity contribution in [2.24, 2.45) is 0 Å². The Kier molecular flexibility index (Phi) is 5.24. The zero-order valence-corrected chi connectivity index (χ0v) is 18.5. The first-order valence-corrected chi connectivity index (χ1v) is 12.0. The minimum absolute atomic E-state index is 0.0217. The van der Waals surface area contributed by atoms with Gasteiger partial charge in [0.05, 0.1) is 16.9 Å². The van der Waals surface area contributed by atoms with Gasteiger partial charge in [0.1, 0.15) is 19.0 Å². The summed E-state index contributed by atoms with van der Waals surface area (Å²) >= 11 is 1.40. The van der Waals surface area contributed by atoms with E-state index in [1.807, 2.05) is 17.5 Å². The van der Waals surface area contributed by atoms with E-state index in [1.54, 1.807) is 37.4 Å². The Morgan fingerprint density at radius 3 is 2.53 bits per heavy atom. The van der Waals surface area contributed by atoms with Crippen LogP contribution in [0.25, 0.3) is 10.8 Å². The van der Waals surface area contributed by atoms with Gasteiger partial charge in [-0.05, 0) is 47.8 Å². The Labute approximate surface area is 188 Å². The van der Waals surface area contributed by atoms with Gasteiger partial charge in [0, 0.05) is 11.8 Å². The number of aromatic nitrogens is 1. The van der Waals surface area contributed by atoms with Crippen molar-refractivity contribution >= 4 is 32.7 Å². The van der Waals surface area contributed by atoms with Crippen LogP contribution >= 0.6 is 11.3 Å². The van der Waals surface area contributed by atoms with E-state index >= 15 is 0 Å². The first kappa shape index (κ1) is 20.4. The molecule has 164 valence electrons. The number of nitrogens with one attached hydrogen (secondary N) is 1. The van der Waals surface area contributed by atoms with Crippen LogP contribution in [-0.4, -0.2) is 33.7 Å². The average molecular weight is 471 g/mol. The Bertz CT molecular complexity index is 1350. The van der Waals surface area contributed by atoms with Crippen LogP contribution in [0.3, 0.4) is 0 Å². The third-order valence-electron chi connectivity index (χ3n) is 4.75. The molecule has 1 N–H and O–H groups in total. The number of rotatable bonds is 6. The highest BCUT2D eigenvalue weighted by atomic mass is 32.2. The third kappa shape index (κ3) is 3.78. The van der Waals surface area contributed by atoms with Gasteiger partial charge in [0.2, 0.25) is 26.6 Å². The molecule has 5 rings (SSSR count). The molecule has 2 aromatic heterocycles. The summed E-state index contributed by atoms with van der Waals surface area (Å²) in [6, 6.07) is 15.2. The Morgan fingerprint density at radius 1 is 1.03 bits per heavy atom. The predicted molar refractivity (Wildman–Crippen MR) is 119 cm³/mol. The minimum atomic E-state index is -4.03. The molecule has 2 aromatic carbocycles. The van der Waals surface area contributed by atoms with Crippen molar-refractivity contribution < 1.29 is 27.0 Å². The summed E-state index contributed by atoms with van der Waals surface area (Å²) in [4.78, 5) is 5.09. The molecule has 0 bridgehead atoms. The quantitative estimate of drug-likeness (QED) is 0.431. The number of oxazole rings is 1. The van der Waals surface area contributed by atoms with Gasteiger partial charge in [-0.15, -0.1) is 11.3 Å². The van der Waals surface area contributed by atoms with Gasteiger partial charge in [-0.1, -0.05) is 6.07 Å². The molecule has 0 amide bonds. The lowest BCUT2D eigenvalue weighted by Crippen LogP contribution is -2.16. The summed E-state index contributed by atoms with van der Waals surface area (Å²) in [6.45, 7) is 0.774. The first-order chi connectivity index (χ1) is 15.5. The number of methoxy groups -OCH3 is 1. The lowest BCUT2D eigenvalue weighted by atomic mass is 10.3. The van der Waals surface area contributed by atoms with Gasteiger partial charge >= 0.3 is 0 Å². The highest BCUT2D eigenvalue weighted by molar-refractivity contribution is 7.91. The fourth-order valence-electron chi connectivity index (χ4n) is 3.18. The third-order valence-corrected chi connectivity index (χ3v) is 7.27. The average Bonchev–Trinajstić information content (AvgIpc) is 3.50. The molecule has 0 aliphatic carbocycles. The number of fused-ring (bicyclic) bond motifs is 1. The van der Waals surface area contributed by atoms with Gasteiger partial charge in [0.25, 0.3) is 0 Å². The molecule has 1 aliphatic rings. The number of ether oxygens (including phenoxy) is 3. The molecule has 32 heavy (non-hydrogen) atoms. The molecule has 1 aliphatic heterocycles. The number of hydrogen-bond acceptors (Lipinski definition) is 9. The van der Waals surface area contributed by atoms with Gasteiger partial charge in [-0.3, -0.25) is 0 Å². The van der Waals surface area contributed by atoms with Crippen molar-refractivity contribution in [1.29, 1.82) is 0 Å². The second-order valence-corrected chi connectivity index (χ2v) is 9.61. The number of hydrogen-bond donors (Lipinski definition) is 1. The van der Waals surface area contributed by atoms with Crippen LogP contribution in [-0.2, 0) is 9.84 Å². The maximum Gasteiger partial charge on any atom is 0.240 e. The second kappa shape index (κ2) is 8.21. The lowest BCUT2D eigenvalue weighted by molar-refractivity contribution is 0.171. The molecule has 0 radical (unpaired) electrons. The molecule has 0 spiro atoms. The molecule has 0 unspecified atom stereocenters. The highest BCUT2D eigenvalue weighted by Gasteiger charge is 2.30. The van der Waals surface area contributed by atoms with Gasteiger partial charge in [-0.25, -0.2) is 8.42 Å². The molecule has 0 fully saturated rings. The summed E-state index contributed by atoms with van der Waals surface area (Å²) in [5, 5.41) is 4.68. The number of benzene rings is 2. The first-order valence-electron chi connectivity index (χ1n) is 9.65. The van der Waals surface area contributed by atoms with Crippen molar-refractivity contribution in [1.82, 2.24) is 4.98 Å². The van der Waals surface area contributed by atoms with Gasteiger partial charge < -0.3 is 23.9 Å². The van der Waals surface area contributed by atoms with Gasteiger partial charge in [-0.2, -0.15) is 4.98 Å². The van der Waals surface area contributed by atoms with E-state index in [1.165, 1.54) is 23.5 Å². The van der Waals surface area contributed by atoms with E-state index in [0.29, 0.717) is 41.0 Å². The van der Waals surface area contributed by atoms with Crippen LogP contribution in [0.15, 0.2) is 74.3 Å². The van der Waals surface area contributed by atoms with Crippen LogP contribution in [0, 0.1) is 0 Å². The molecule has 4 aromatic rings. The van der Waals surface area contributed by atoms with Crippen LogP contribution in [0.5, 0.6) is 17.2 Å². The molecule has 0 saturated carbocycles. The maximum atomic E-state index is 13.5. The molecular weight excluding hydrogens is 452 g/mol. The standard InChI is InChI=1S/C22H18N2O6S2/c1-27-15-6-4-14(5-7-15)23-21-22(24-20(30-21)19-3-2-12-31-19)32(25,26)16-8-9-17-18(13-16)29-11-10-28-17/h2-9,12-13,23H,10-11H2,1H3. The van der Waals surface area contributed by atoms with E-state index < -0.39 is 9.84 Å². The van der Waals surface area contributed by atoms with E-state index in [0.717, 1.165) is 0 Å². The number of nitrogens with zero attached hydrogens (tertiary/aromatic N) is 1. The molecule has 3 heterocycles. The highest BCUT2D eigenvalue weighted by Crippen LogP contribution is 2.38. The predicted octanol–water partition coefficient (Wildman–Crippen LogP) is 4.76. The molecule has 0 saturated heterocycles. The zero-order valence-electron chi connectivity index (χ0n) is 16.9. The van der Waals surface area contributed by atoms with E-state index in [-0.39, 0.29) is 21.7 Å². The SMILES string of the molecule is COc1ccc(Nc2oc(-c3cccs3)nc2S(=O)(=O)c2ccc3c(c2)OCCO3)cc1. The Hall–Kier alpha value is -3.50. The van der Waals surface area contributed by atoms with Crippen molar-refractivity contribution in [3.8, 4) is 28.0 Å². The molecule has 0 atom stereocenters. The lowest BCUT2D eigenvalue weighted by Gasteiger charge is -2.18. The van der Waals surface area contributed by atoms with Crippen LogP contribution in [0.1, 0.15) is 0 Å². The van der Waals surface area contributed by atoms with Crippen LogP contribution in [0.2, 0.25) is 0 Å². The fourth-order valence-corrected chi connectivity index (χ4v) is 5.10. The topological polar surface area (TPSA) is 99.9 Å². The number of thiophene rings is 1. The summed E-state index contributed by atoms with van der Waals surface area (Å²) < 4.78 is 49.2. The summed E-state index contributed by atoms with van der Waals surface area (Å²) in [5.74, 6) is 1.80. The van der Waals surface area contributed by atoms with E-state index in [2.05, 4.69) is 10.3 Å². The number of sulfone groups is 1. The Balaban J connectivity index is 1.58. The summed E-state index contributed by atoms with van der Waals surface area (Å²) in [6.07, 6.45) is 0. The normalized spacial score (nSPS) is 13.0. The molecular formula is C22H18N2O6S2. The number of anilines is 2.